The summed E-state index contributed by atoms with van der Waals surface area (Å²) in [5.74, 6) is -3.64. The average molecular weight is 1330 g/mol. The largest absolute Gasteiger partial charge is 3.00 e. The number of nitrogen functional groups attached to an aromatic ring is 1. The monoisotopic (exact) mass is 1330 g/mol. The minimum atomic E-state index is -1.32. The molecule has 1 fully saturated rings. The van der Waals surface area contributed by atoms with Crippen LogP contribution in [0, 0.1) is 81.5 Å². The quantitative estimate of drug-likeness (QED) is 0.112. The summed E-state index contributed by atoms with van der Waals surface area (Å²) in [4.78, 5) is 78.4. The molecule has 440 valence electrons. The van der Waals surface area contributed by atoms with E-state index in [0.717, 1.165) is 112 Å². The molecule has 85 heavy (non-hydrogen) atoms. The molecule has 2 radical (unpaired) electrons. The third-order valence-corrected chi connectivity index (χ3v) is 15.5. The van der Waals surface area contributed by atoms with Crippen LogP contribution in [0.15, 0.2) is 97.1 Å². The number of aryl methyl sites for hydroxylation is 6. The van der Waals surface area contributed by atoms with E-state index in [1.54, 1.807) is 14.7 Å². The van der Waals surface area contributed by atoms with E-state index >= 15 is 0 Å². The average Bonchev–Trinajstić information content (AvgIpc) is 4.14. The number of amides is 2. The predicted octanol–water partition coefficient (Wildman–Crippen LogP) is 5.56. The molecule has 3 aliphatic rings. The van der Waals surface area contributed by atoms with Crippen LogP contribution in [0.2, 0.25) is 0 Å². The second kappa shape index (κ2) is 27.9. The molecule has 2 amide bonds. The van der Waals surface area contributed by atoms with Crippen LogP contribution in [0.4, 0.5) is 11.4 Å². The number of nitrogens with zero attached hydrogens (tertiary/aromatic N) is 8. The van der Waals surface area contributed by atoms with Crippen molar-refractivity contribution in [2.24, 2.45) is 0 Å². The Kier molecular flexibility index (Phi) is 21.0. The number of carboxylic acids is 2. The first-order valence-electron chi connectivity index (χ1n) is 27.8. The van der Waals surface area contributed by atoms with Crippen molar-refractivity contribution in [3.63, 3.8) is 0 Å². The SMILES string of the molecule is Cc1cc(C)c(-c2c3nc(c(-c4ccc(NC(=O)CN5CCN(CC(=O)[O-])CCN(CC(=O)[O-])CCN(C(=O)C[O-])CC5)cc4)c4ccc([n-]4)c(-c4c(C)cc(C)cc4C)c4nc(c(-c5ccc(N)cc5)c5ccc2[n-]5)C=C4)C=C3)c(C)c1.[Cu+2].[Gd+3]. The van der Waals surface area contributed by atoms with E-state index in [-0.39, 0.29) is 122 Å². The Hall–Kier alpha value is -7.16. The smallest absolute Gasteiger partial charge is 0.848 e. The van der Waals surface area contributed by atoms with Gasteiger partial charge in [-0.15, -0.1) is 22.1 Å². The predicted molar refractivity (Wildman–Crippen MR) is 321 cm³/mol. The molecule has 1 saturated heterocycles. The van der Waals surface area contributed by atoms with E-state index in [1.807, 2.05) is 72.8 Å². The van der Waals surface area contributed by atoms with Crippen LogP contribution >= 0.6 is 0 Å². The van der Waals surface area contributed by atoms with Crippen LogP contribution in [0.5, 0.6) is 0 Å². The zero-order chi connectivity index (χ0) is 58.6. The maximum absolute atomic E-state index is 14.0. The van der Waals surface area contributed by atoms with Gasteiger partial charge in [0.1, 0.15) is 0 Å². The Bertz CT molecular complexity index is 3830. The molecule has 0 atom stereocenters. The topological polar surface area (TPSA) is 242 Å². The summed E-state index contributed by atoms with van der Waals surface area (Å²) in [5, 5.41) is 38.2. The van der Waals surface area contributed by atoms with E-state index < -0.39 is 37.5 Å². The zero-order valence-corrected chi connectivity index (χ0v) is 51.4. The van der Waals surface area contributed by atoms with E-state index in [0.29, 0.717) is 22.6 Å². The first-order chi connectivity index (χ1) is 39.9. The minimum absolute atomic E-state index is 0. The number of carbonyl (C=O) groups is 4. The van der Waals surface area contributed by atoms with Crippen molar-refractivity contribution in [2.45, 2.75) is 41.5 Å². The molecule has 10 rings (SSSR count). The molecule has 0 aliphatic carbocycles. The Morgan fingerprint density at radius 1 is 0.494 bits per heavy atom. The van der Waals surface area contributed by atoms with Gasteiger partial charge in [0, 0.05) is 76.8 Å². The number of hydrogen-bond donors (Lipinski definition) is 2. The molecule has 17 nitrogen and oxygen atoms in total. The number of nitrogens with one attached hydrogen (secondary N) is 1. The molecule has 3 N–H and O–H groups in total. The number of fused-ring (bicyclic) bond motifs is 8. The molecule has 3 aliphatic heterocycles. The second-order valence-electron chi connectivity index (χ2n) is 21.8. The van der Waals surface area contributed by atoms with Gasteiger partial charge in [-0.2, -0.15) is 0 Å². The van der Waals surface area contributed by atoms with Gasteiger partial charge < -0.3 is 50.8 Å². The van der Waals surface area contributed by atoms with Crippen LogP contribution < -0.4 is 36.3 Å². The van der Waals surface area contributed by atoms with Crippen LogP contribution in [-0.4, -0.2) is 132 Å². The summed E-state index contributed by atoms with van der Waals surface area (Å²) >= 11 is 0. The Morgan fingerprint density at radius 2 is 0.835 bits per heavy atom. The van der Waals surface area contributed by atoms with Gasteiger partial charge in [0.15, 0.2) is 0 Å². The molecule has 0 spiro atoms. The van der Waals surface area contributed by atoms with Crippen LogP contribution in [0.25, 0.3) is 90.9 Å². The first kappa shape index (κ1) is 63.9. The number of nitrogens with two attached hydrogens (primary N) is 1. The molecule has 8 bridgehead atoms. The van der Waals surface area contributed by atoms with Crippen molar-refractivity contribution >= 4 is 81.5 Å². The number of aromatic nitrogens is 4. The van der Waals surface area contributed by atoms with E-state index in [2.05, 4.69) is 95.4 Å². The maximum atomic E-state index is 14.0. The third-order valence-electron chi connectivity index (χ3n) is 15.5. The zero-order valence-electron chi connectivity index (χ0n) is 48.2. The molecule has 0 unspecified atom stereocenters. The van der Waals surface area contributed by atoms with Gasteiger partial charge in [-0.25, -0.2) is 9.97 Å². The first-order valence-corrected chi connectivity index (χ1v) is 27.8. The van der Waals surface area contributed by atoms with E-state index in [9.17, 15) is 34.5 Å². The van der Waals surface area contributed by atoms with Crippen LogP contribution in [0.3, 0.4) is 0 Å². The Labute approximate surface area is 537 Å². The fraction of sp³-hybridized carbons (Fsp3) is 0.273. The van der Waals surface area contributed by atoms with Gasteiger partial charge in [-0.3, -0.25) is 24.3 Å². The molecule has 0 saturated carbocycles. The molecule has 6 heterocycles. The van der Waals surface area contributed by atoms with Crippen LogP contribution in [0.1, 0.15) is 56.2 Å². The van der Waals surface area contributed by atoms with E-state index in [4.69, 9.17) is 25.7 Å². The summed E-state index contributed by atoms with van der Waals surface area (Å²) < 4.78 is 0. The van der Waals surface area contributed by atoms with Crippen molar-refractivity contribution in [2.75, 3.05) is 89.6 Å². The molecule has 3 aromatic heterocycles. The summed E-state index contributed by atoms with van der Waals surface area (Å²) in [6.45, 7) is 11.9. The molecule has 4 aromatic carbocycles. The maximum Gasteiger partial charge on any atom is 3.00 e. The fourth-order valence-electron chi connectivity index (χ4n) is 11.8. The number of benzene rings is 4. The van der Waals surface area contributed by atoms with Gasteiger partial charge >= 0.3 is 57.0 Å². The van der Waals surface area contributed by atoms with E-state index in [1.165, 1.54) is 4.90 Å². The number of carboxylic acid groups (broad SMARTS) is 2. The number of aliphatic carboxylic acids is 2. The Morgan fingerprint density at radius 3 is 1.21 bits per heavy atom. The van der Waals surface area contributed by atoms with Gasteiger partial charge in [0.25, 0.3) is 0 Å². The number of anilines is 2. The molecule has 7 aromatic rings. The third kappa shape index (κ3) is 14.7. The number of carbonyl (C=O) groups excluding carboxylic acids is 4. The second-order valence-corrected chi connectivity index (χ2v) is 21.8. The number of hydrogen-bond acceptors (Lipinski definition) is 13. The molecule has 19 heteroatoms. The Balaban J connectivity index is 0.00000470. The summed E-state index contributed by atoms with van der Waals surface area (Å²) in [7, 11) is 0. The van der Waals surface area contributed by atoms with Crippen molar-refractivity contribution in [3.8, 4) is 44.5 Å². The summed E-state index contributed by atoms with van der Waals surface area (Å²) in [5.41, 5.74) is 27.0. The van der Waals surface area contributed by atoms with Crippen molar-refractivity contribution in [1.29, 1.82) is 0 Å². The fourth-order valence-corrected chi connectivity index (χ4v) is 11.8. The normalized spacial score (nSPS) is 14.2. The van der Waals surface area contributed by atoms with Crippen molar-refractivity contribution in [3.05, 3.63) is 153 Å². The summed E-state index contributed by atoms with van der Waals surface area (Å²) in [6, 6.07) is 32.2. The van der Waals surface area contributed by atoms with Gasteiger partial charge in [0.05, 0.1) is 41.3 Å². The van der Waals surface area contributed by atoms with Gasteiger partial charge in [-0.1, -0.05) is 90.5 Å². The van der Waals surface area contributed by atoms with Crippen molar-refractivity contribution in [1.82, 2.24) is 39.5 Å². The standard InChI is InChI=1S/C66H69N10O7.Cu.Gd/c1-39-31-41(3)61(42(4)32-39)65-53-19-15-49(69-53)63(45-7-11-47(67)12-8-45)50-16-20-54(70-50)66(62-43(5)33-40(2)34-44(62)6)56-22-18-52(72-56)64(51-17-21-55(65)71-51)46-9-13-48(14-10-46)68-57(78)35-73-23-24-74(36-59(80)81)25-26-75(37-60(82)83)28-30-76(29-27-73)58(79)38-77;;/h7-22,31-34H,23-30,35-38H2,1-6H3,(H7,67,68,69,70,71,72,78,80,81,82,83);;/q-1;+2;+3/p-4. The number of rotatable bonds is 12. The van der Waals surface area contributed by atoms with Crippen LogP contribution in [-0.2, 0) is 36.2 Å². The van der Waals surface area contributed by atoms with Crippen molar-refractivity contribution < 1.29 is 91.5 Å². The van der Waals surface area contributed by atoms with Gasteiger partial charge in [0.2, 0.25) is 11.8 Å². The summed E-state index contributed by atoms with van der Waals surface area (Å²) in [6.07, 6.45) is 8.17. The molecular formula is C66H65CuGdN10O7. The molecular weight excluding hydrogens is 1270 g/mol. The van der Waals surface area contributed by atoms with Gasteiger partial charge in [-0.05, 0) is 157 Å². The minimum Gasteiger partial charge on any atom is -0.848 e.